The van der Waals surface area contributed by atoms with Crippen LogP contribution in [0.25, 0.3) is 0 Å². The van der Waals surface area contributed by atoms with Crippen LogP contribution in [-0.4, -0.2) is 35.3 Å². The Morgan fingerprint density at radius 1 is 1.47 bits per heavy atom. The van der Waals surface area contributed by atoms with Crippen LogP contribution in [0.15, 0.2) is 12.2 Å². The van der Waals surface area contributed by atoms with E-state index in [0.717, 1.165) is 18.4 Å². The Bertz CT molecular complexity index is 360. The molecule has 2 unspecified atom stereocenters. The zero-order valence-corrected chi connectivity index (χ0v) is 10.5. The smallest absolute Gasteiger partial charge is 0.246 e. The minimum Gasteiger partial charge on any atom is -0.342 e. The molecule has 4 nitrogen and oxygen atoms in total. The third-order valence-corrected chi connectivity index (χ3v) is 3.45. The number of nitrogens with one attached hydrogen (secondary N) is 1. The fourth-order valence-electron chi connectivity index (χ4n) is 2.42. The molecule has 94 valence electrons. The average molecular weight is 236 g/mol. The van der Waals surface area contributed by atoms with Crippen molar-refractivity contribution in [1.29, 1.82) is 0 Å². The molecule has 1 saturated heterocycles. The molecule has 2 fully saturated rings. The van der Waals surface area contributed by atoms with E-state index in [1.54, 1.807) is 4.90 Å². The lowest BCUT2D eigenvalue weighted by Crippen LogP contribution is -2.64. The number of carbonyl (C=O) groups excluding carboxylic acids is 2. The van der Waals surface area contributed by atoms with Gasteiger partial charge in [0.05, 0.1) is 0 Å². The van der Waals surface area contributed by atoms with Gasteiger partial charge in [0, 0.05) is 6.54 Å². The second kappa shape index (κ2) is 4.51. The lowest BCUT2D eigenvalue weighted by Gasteiger charge is -2.39. The van der Waals surface area contributed by atoms with Crippen LogP contribution < -0.4 is 5.32 Å². The highest BCUT2D eigenvalue weighted by Gasteiger charge is 2.46. The fraction of sp³-hybridized carbons (Fsp3) is 0.692. The molecule has 0 bridgehead atoms. The Labute approximate surface area is 102 Å². The van der Waals surface area contributed by atoms with E-state index in [4.69, 9.17) is 0 Å². The first-order chi connectivity index (χ1) is 8.04. The summed E-state index contributed by atoms with van der Waals surface area (Å²) in [5, 5.41) is 2.87. The number of hydrogen-bond donors (Lipinski definition) is 1. The van der Waals surface area contributed by atoms with Gasteiger partial charge in [0.25, 0.3) is 0 Å². The minimum absolute atomic E-state index is 0.00903. The van der Waals surface area contributed by atoms with Gasteiger partial charge in [0.1, 0.15) is 12.1 Å². The summed E-state index contributed by atoms with van der Waals surface area (Å²) in [7, 11) is 0. The summed E-state index contributed by atoms with van der Waals surface area (Å²) in [6.45, 7) is 8.15. The molecule has 1 N–H and O–H groups in total. The Hall–Kier alpha value is -1.32. The van der Waals surface area contributed by atoms with Gasteiger partial charge in [-0.25, -0.2) is 0 Å². The van der Waals surface area contributed by atoms with E-state index in [9.17, 15) is 9.59 Å². The lowest BCUT2D eigenvalue weighted by atomic mass is 10.0. The summed E-state index contributed by atoms with van der Waals surface area (Å²) >= 11 is 0. The summed E-state index contributed by atoms with van der Waals surface area (Å²) in [5.74, 6) is 0.420. The molecule has 1 saturated carbocycles. The van der Waals surface area contributed by atoms with Crippen LogP contribution in [0.5, 0.6) is 0 Å². The van der Waals surface area contributed by atoms with Crippen molar-refractivity contribution >= 4 is 11.8 Å². The van der Waals surface area contributed by atoms with Gasteiger partial charge in [-0.3, -0.25) is 9.59 Å². The second-order valence-electron chi connectivity index (χ2n) is 5.17. The number of piperazine rings is 1. The van der Waals surface area contributed by atoms with Gasteiger partial charge in [-0.05, 0) is 32.1 Å². The summed E-state index contributed by atoms with van der Waals surface area (Å²) in [4.78, 5) is 26.0. The Balaban J connectivity index is 2.18. The summed E-state index contributed by atoms with van der Waals surface area (Å²) in [6, 6.07) is -0.612. The Kier molecular flexibility index (Phi) is 3.22. The van der Waals surface area contributed by atoms with Crippen molar-refractivity contribution in [2.75, 3.05) is 6.54 Å². The molecule has 0 aromatic heterocycles. The highest BCUT2D eigenvalue weighted by Crippen LogP contribution is 2.35. The van der Waals surface area contributed by atoms with Crippen molar-refractivity contribution in [3.8, 4) is 0 Å². The molecule has 1 heterocycles. The van der Waals surface area contributed by atoms with E-state index in [1.807, 2.05) is 13.8 Å². The van der Waals surface area contributed by atoms with E-state index in [0.29, 0.717) is 18.9 Å². The van der Waals surface area contributed by atoms with Gasteiger partial charge in [-0.15, -0.1) is 0 Å². The molecular weight excluding hydrogens is 216 g/mol. The first kappa shape index (κ1) is 12.1. The molecule has 0 aromatic rings. The quantitative estimate of drug-likeness (QED) is 0.742. The van der Waals surface area contributed by atoms with Crippen molar-refractivity contribution in [2.45, 2.75) is 45.2 Å². The highest BCUT2D eigenvalue weighted by atomic mass is 16.2. The molecule has 1 aliphatic carbocycles. The SMILES string of the molecule is C=C(C)CN1C(=O)C(C2CC2)NC(=O)C1CC. The van der Waals surface area contributed by atoms with Crippen molar-refractivity contribution in [3.05, 3.63) is 12.2 Å². The zero-order valence-electron chi connectivity index (χ0n) is 10.5. The number of carbonyl (C=O) groups is 2. The summed E-state index contributed by atoms with van der Waals surface area (Å²) < 4.78 is 0. The summed E-state index contributed by atoms with van der Waals surface area (Å²) in [5.41, 5.74) is 0.918. The Morgan fingerprint density at radius 3 is 2.59 bits per heavy atom. The third-order valence-electron chi connectivity index (χ3n) is 3.45. The van der Waals surface area contributed by atoms with Crippen LogP contribution in [0.4, 0.5) is 0 Å². The summed E-state index contributed by atoms with van der Waals surface area (Å²) in [6.07, 6.45) is 2.75. The molecule has 4 heteroatoms. The molecule has 0 aromatic carbocycles. The topological polar surface area (TPSA) is 49.4 Å². The van der Waals surface area contributed by atoms with Crippen molar-refractivity contribution in [2.24, 2.45) is 5.92 Å². The number of hydrogen-bond acceptors (Lipinski definition) is 2. The van der Waals surface area contributed by atoms with Crippen LogP contribution in [0, 0.1) is 5.92 Å². The molecule has 1 aliphatic heterocycles. The monoisotopic (exact) mass is 236 g/mol. The standard InChI is InChI=1S/C13H20N2O2/c1-4-10-12(16)14-11(9-5-6-9)13(17)15(10)7-8(2)3/h9-11H,2,4-7H2,1,3H3,(H,14,16). The van der Waals surface area contributed by atoms with Gasteiger partial charge in [-0.2, -0.15) is 0 Å². The van der Waals surface area contributed by atoms with Crippen LogP contribution >= 0.6 is 0 Å². The zero-order chi connectivity index (χ0) is 12.6. The van der Waals surface area contributed by atoms with Gasteiger partial charge in [0.15, 0.2) is 0 Å². The fourth-order valence-corrected chi connectivity index (χ4v) is 2.42. The molecular formula is C13H20N2O2. The minimum atomic E-state index is -0.325. The average Bonchev–Trinajstić information content (AvgIpc) is 3.06. The van der Waals surface area contributed by atoms with Gasteiger partial charge in [-0.1, -0.05) is 19.1 Å². The van der Waals surface area contributed by atoms with E-state index >= 15 is 0 Å². The molecule has 0 radical (unpaired) electrons. The van der Waals surface area contributed by atoms with E-state index < -0.39 is 0 Å². The Morgan fingerprint density at radius 2 is 2.12 bits per heavy atom. The normalized spacial score (nSPS) is 29.2. The second-order valence-corrected chi connectivity index (χ2v) is 5.17. The largest absolute Gasteiger partial charge is 0.342 e. The lowest BCUT2D eigenvalue weighted by molar-refractivity contribution is -0.149. The van der Waals surface area contributed by atoms with Crippen molar-refractivity contribution in [1.82, 2.24) is 10.2 Å². The first-order valence-electron chi connectivity index (χ1n) is 6.29. The van der Waals surface area contributed by atoms with E-state index in [2.05, 4.69) is 11.9 Å². The predicted molar refractivity (Wildman–Crippen MR) is 65.3 cm³/mol. The van der Waals surface area contributed by atoms with Crippen molar-refractivity contribution < 1.29 is 9.59 Å². The van der Waals surface area contributed by atoms with Gasteiger partial charge >= 0.3 is 0 Å². The van der Waals surface area contributed by atoms with Crippen LogP contribution in [0.3, 0.4) is 0 Å². The molecule has 2 rings (SSSR count). The molecule has 2 amide bonds. The van der Waals surface area contributed by atoms with E-state index in [-0.39, 0.29) is 23.9 Å². The molecule has 17 heavy (non-hydrogen) atoms. The predicted octanol–water partition coefficient (Wildman–Crippen LogP) is 1.08. The van der Waals surface area contributed by atoms with Gasteiger partial charge < -0.3 is 10.2 Å². The van der Waals surface area contributed by atoms with Crippen LogP contribution in [0.1, 0.15) is 33.1 Å². The number of rotatable bonds is 4. The maximum absolute atomic E-state index is 12.3. The maximum Gasteiger partial charge on any atom is 0.246 e. The number of amides is 2. The van der Waals surface area contributed by atoms with Crippen LogP contribution in [-0.2, 0) is 9.59 Å². The molecule has 2 atom stereocenters. The first-order valence-corrected chi connectivity index (χ1v) is 6.29. The maximum atomic E-state index is 12.3. The van der Waals surface area contributed by atoms with Crippen LogP contribution in [0.2, 0.25) is 0 Å². The van der Waals surface area contributed by atoms with Crippen molar-refractivity contribution in [3.63, 3.8) is 0 Å². The van der Waals surface area contributed by atoms with Gasteiger partial charge in [0.2, 0.25) is 11.8 Å². The molecule has 0 spiro atoms. The third kappa shape index (κ3) is 2.35. The highest BCUT2D eigenvalue weighted by molar-refractivity contribution is 5.97. The molecule has 2 aliphatic rings. The van der Waals surface area contributed by atoms with E-state index in [1.165, 1.54) is 0 Å². The number of nitrogens with zero attached hydrogens (tertiary/aromatic N) is 1.